The first-order valence-electron chi connectivity index (χ1n) is 11.6. The van der Waals surface area contributed by atoms with Gasteiger partial charge in [-0.2, -0.15) is 0 Å². The number of hydrogen-bond donors (Lipinski definition) is 1. The first kappa shape index (κ1) is 22.6. The van der Waals surface area contributed by atoms with Crippen molar-refractivity contribution in [1.82, 2.24) is 20.0 Å². The molecule has 2 saturated heterocycles. The van der Waals surface area contributed by atoms with Crippen molar-refractivity contribution >= 4 is 34.5 Å². The van der Waals surface area contributed by atoms with Gasteiger partial charge in [0.05, 0.1) is 6.26 Å². The van der Waals surface area contributed by atoms with Crippen LogP contribution >= 0.6 is 0 Å². The minimum absolute atomic E-state index is 0.226. The molecule has 0 bridgehead atoms. The number of imide groups is 1. The van der Waals surface area contributed by atoms with E-state index in [-0.39, 0.29) is 17.6 Å². The maximum atomic E-state index is 13.5. The Hall–Kier alpha value is -4.14. The van der Waals surface area contributed by atoms with Gasteiger partial charge in [0.2, 0.25) is 5.91 Å². The van der Waals surface area contributed by atoms with Crippen LogP contribution in [0.2, 0.25) is 0 Å². The zero-order valence-corrected chi connectivity index (χ0v) is 19.6. The van der Waals surface area contributed by atoms with E-state index < -0.39 is 23.5 Å². The van der Waals surface area contributed by atoms with Gasteiger partial charge in [-0.3, -0.25) is 14.4 Å². The fourth-order valence-electron chi connectivity index (χ4n) is 4.77. The normalized spacial score (nSPS) is 21.4. The molecule has 0 aliphatic carbocycles. The Morgan fingerprint density at radius 2 is 1.63 bits per heavy atom. The predicted molar refractivity (Wildman–Crippen MR) is 127 cm³/mol. The van der Waals surface area contributed by atoms with Crippen molar-refractivity contribution in [2.24, 2.45) is 0 Å². The molecule has 2 aliphatic heterocycles. The van der Waals surface area contributed by atoms with Crippen LogP contribution in [0.3, 0.4) is 0 Å². The summed E-state index contributed by atoms with van der Waals surface area (Å²) in [7, 11) is 0. The average Bonchev–Trinajstić information content (AvgIpc) is 3.49. The van der Waals surface area contributed by atoms with Crippen molar-refractivity contribution in [1.29, 1.82) is 0 Å². The number of piperazine rings is 1. The number of amides is 5. The van der Waals surface area contributed by atoms with E-state index in [1.807, 2.05) is 42.5 Å². The fraction of sp³-hybridized carbons (Fsp3) is 0.308. The number of carbonyl (C=O) groups is 4. The molecule has 0 unspecified atom stereocenters. The SMILES string of the molecule is C[C@@H](C(=O)N1CCN(C(=O)c2ccco2)CC1)N1C(=O)N[C@](C)(c2ccc3ccccc3c2)C1=O. The number of benzene rings is 2. The van der Waals surface area contributed by atoms with Crippen molar-refractivity contribution in [3.8, 4) is 0 Å². The lowest BCUT2D eigenvalue weighted by atomic mass is 9.90. The van der Waals surface area contributed by atoms with Crippen LogP contribution in [0.4, 0.5) is 4.79 Å². The number of nitrogens with one attached hydrogen (secondary N) is 1. The third kappa shape index (κ3) is 3.82. The Morgan fingerprint density at radius 1 is 0.943 bits per heavy atom. The number of furan rings is 1. The van der Waals surface area contributed by atoms with Crippen molar-refractivity contribution in [2.45, 2.75) is 25.4 Å². The molecular weight excluding hydrogens is 448 g/mol. The van der Waals surface area contributed by atoms with Gasteiger partial charge in [-0.1, -0.05) is 36.4 Å². The molecule has 3 aromatic rings. The number of fused-ring (bicyclic) bond motifs is 1. The summed E-state index contributed by atoms with van der Waals surface area (Å²) in [5.41, 5.74) is -0.620. The second kappa shape index (κ2) is 8.57. The van der Waals surface area contributed by atoms with Crippen molar-refractivity contribution in [3.63, 3.8) is 0 Å². The van der Waals surface area contributed by atoms with Crippen molar-refractivity contribution in [2.75, 3.05) is 26.2 Å². The molecule has 2 atom stereocenters. The number of hydrogen-bond acceptors (Lipinski definition) is 5. The van der Waals surface area contributed by atoms with Crippen LogP contribution in [0, 0.1) is 0 Å². The van der Waals surface area contributed by atoms with E-state index in [2.05, 4.69) is 5.32 Å². The molecule has 180 valence electrons. The third-order valence-corrected chi connectivity index (χ3v) is 6.90. The molecule has 0 spiro atoms. The minimum Gasteiger partial charge on any atom is -0.459 e. The quantitative estimate of drug-likeness (QED) is 0.586. The lowest BCUT2D eigenvalue weighted by molar-refractivity contribution is -0.143. The smallest absolute Gasteiger partial charge is 0.326 e. The van der Waals surface area contributed by atoms with E-state index in [0.717, 1.165) is 15.7 Å². The topological polar surface area (TPSA) is 103 Å². The first-order chi connectivity index (χ1) is 16.8. The Bertz CT molecular complexity index is 1310. The molecule has 2 fully saturated rings. The predicted octanol–water partition coefficient (Wildman–Crippen LogP) is 2.57. The number of carbonyl (C=O) groups excluding carboxylic acids is 4. The highest BCUT2D eigenvalue weighted by atomic mass is 16.3. The van der Waals surface area contributed by atoms with Crippen LogP contribution in [-0.2, 0) is 15.1 Å². The largest absolute Gasteiger partial charge is 0.459 e. The van der Waals surface area contributed by atoms with Crippen LogP contribution in [0.1, 0.15) is 30.0 Å². The molecule has 2 aliphatic rings. The summed E-state index contributed by atoms with van der Waals surface area (Å²) in [5, 5.41) is 4.78. The summed E-state index contributed by atoms with van der Waals surface area (Å²) < 4.78 is 5.17. The van der Waals surface area contributed by atoms with E-state index in [1.54, 1.807) is 35.8 Å². The van der Waals surface area contributed by atoms with E-state index in [1.165, 1.54) is 6.26 Å². The van der Waals surface area contributed by atoms with E-state index >= 15 is 0 Å². The Labute approximate surface area is 202 Å². The van der Waals surface area contributed by atoms with Gasteiger partial charge in [-0.05, 0) is 48.4 Å². The van der Waals surface area contributed by atoms with Gasteiger partial charge < -0.3 is 19.5 Å². The molecule has 3 heterocycles. The molecule has 0 radical (unpaired) electrons. The molecular formula is C26H26N4O5. The van der Waals surface area contributed by atoms with E-state index in [9.17, 15) is 19.2 Å². The molecule has 5 rings (SSSR count). The average molecular weight is 475 g/mol. The number of urea groups is 1. The molecule has 1 N–H and O–H groups in total. The maximum absolute atomic E-state index is 13.5. The fourth-order valence-corrected chi connectivity index (χ4v) is 4.77. The van der Waals surface area contributed by atoms with Crippen LogP contribution < -0.4 is 5.32 Å². The molecule has 9 heteroatoms. The summed E-state index contributed by atoms with van der Waals surface area (Å²) in [6.07, 6.45) is 1.44. The second-order valence-corrected chi connectivity index (χ2v) is 9.06. The maximum Gasteiger partial charge on any atom is 0.326 e. The van der Waals surface area contributed by atoms with Crippen LogP contribution in [-0.4, -0.2) is 70.7 Å². The van der Waals surface area contributed by atoms with Crippen LogP contribution in [0.5, 0.6) is 0 Å². The molecule has 35 heavy (non-hydrogen) atoms. The highest BCUT2D eigenvalue weighted by molar-refractivity contribution is 6.10. The molecule has 2 aromatic carbocycles. The van der Waals surface area contributed by atoms with Crippen LogP contribution in [0.25, 0.3) is 10.8 Å². The monoisotopic (exact) mass is 474 g/mol. The highest BCUT2D eigenvalue weighted by Crippen LogP contribution is 2.32. The number of rotatable bonds is 4. The van der Waals surface area contributed by atoms with E-state index in [4.69, 9.17) is 4.42 Å². The zero-order valence-electron chi connectivity index (χ0n) is 19.6. The Balaban J connectivity index is 1.29. The van der Waals surface area contributed by atoms with E-state index in [0.29, 0.717) is 31.7 Å². The van der Waals surface area contributed by atoms with Gasteiger partial charge in [0.1, 0.15) is 11.6 Å². The van der Waals surface area contributed by atoms with Gasteiger partial charge in [0, 0.05) is 26.2 Å². The van der Waals surface area contributed by atoms with Gasteiger partial charge in [-0.15, -0.1) is 0 Å². The number of nitrogens with zero attached hydrogens (tertiary/aromatic N) is 3. The van der Waals surface area contributed by atoms with Gasteiger partial charge in [0.25, 0.3) is 11.8 Å². The standard InChI is InChI=1S/C26H26N4O5/c1-17(22(31)28-11-13-29(14-12-28)23(32)21-8-5-15-35-21)30-24(33)26(2,27-25(30)34)20-10-9-18-6-3-4-7-19(18)16-20/h3-10,15-17H,11-14H2,1-2H3,(H,27,34)/t17-,26+/m0/s1. The van der Waals surface area contributed by atoms with Gasteiger partial charge >= 0.3 is 6.03 Å². The zero-order chi connectivity index (χ0) is 24.7. The molecule has 9 nitrogen and oxygen atoms in total. The second-order valence-electron chi connectivity index (χ2n) is 9.06. The van der Waals surface area contributed by atoms with Crippen molar-refractivity contribution < 1.29 is 23.6 Å². The van der Waals surface area contributed by atoms with Gasteiger partial charge in [-0.25, -0.2) is 9.69 Å². The third-order valence-electron chi connectivity index (χ3n) is 6.90. The molecule has 5 amide bonds. The Morgan fingerprint density at radius 3 is 2.31 bits per heavy atom. The Kier molecular flexibility index (Phi) is 5.55. The van der Waals surface area contributed by atoms with Crippen LogP contribution in [0.15, 0.2) is 65.3 Å². The summed E-state index contributed by atoms with van der Waals surface area (Å²) in [5.74, 6) is -0.771. The summed E-state index contributed by atoms with van der Waals surface area (Å²) >= 11 is 0. The molecule has 0 saturated carbocycles. The first-order valence-corrected chi connectivity index (χ1v) is 11.6. The minimum atomic E-state index is -1.27. The van der Waals surface area contributed by atoms with Gasteiger partial charge in [0.15, 0.2) is 5.76 Å². The molecule has 1 aromatic heterocycles. The summed E-state index contributed by atoms with van der Waals surface area (Å²) in [6.45, 7) is 4.52. The van der Waals surface area contributed by atoms with Crippen molar-refractivity contribution in [3.05, 3.63) is 72.2 Å². The lowest BCUT2D eigenvalue weighted by Crippen LogP contribution is -2.56. The summed E-state index contributed by atoms with van der Waals surface area (Å²) in [6, 6.07) is 15.1. The summed E-state index contributed by atoms with van der Waals surface area (Å²) in [4.78, 5) is 56.3. The highest BCUT2D eigenvalue weighted by Gasteiger charge is 2.52. The lowest BCUT2D eigenvalue weighted by Gasteiger charge is -2.36.